The number of nitrogens with one attached hydrogen (secondary N) is 1. The molecule has 1 nitrogen and oxygen atoms in total. The zero-order valence-electron chi connectivity index (χ0n) is 14.2. The minimum atomic E-state index is 0.343. The number of rotatable bonds is 14. The topological polar surface area (TPSA) is 12.0 Å². The van der Waals surface area contributed by atoms with Gasteiger partial charge in [-0.05, 0) is 33.2 Å². The Labute approximate surface area is 122 Å². The largest absolute Gasteiger partial charge is 0.312 e. The monoisotopic (exact) mass is 269 g/mol. The van der Waals surface area contributed by atoms with Gasteiger partial charge in [0.15, 0.2) is 0 Å². The van der Waals surface area contributed by atoms with Crippen molar-refractivity contribution in [1.29, 1.82) is 0 Å². The highest BCUT2D eigenvalue weighted by atomic mass is 14.9. The van der Waals surface area contributed by atoms with Crippen LogP contribution in [-0.4, -0.2) is 12.1 Å². The third kappa shape index (κ3) is 14.2. The molecule has 0 saturated carbocycles. The molecule has 0 aromatic heterocycles. The zero-order valence-corrected chi connectivity index (χ0v) is 14.2. The van der Waals surface area contributed by atoms with Crippen LogP contribution in [0.25, 0.3) is 0 Å². The Bertz CT molecular complexity index is 175. The van der Waals surface area contributed by atoms with Crippen LogP contribution in [0.5, 0.6) is 0 Å². The summed E-state index contributed by atoms with van der Waals surface area (Å²) in [6.45, 7) is 10.5. The van der Waals surface area contributed by atoms with E-state index in [1.54, 1.807) is 0 Å². The summed E-state index contributed by atoms with van der Waals surface area (Å²) < 4.78 is 0. The highest BCUT2D eigenvalue weighted by Gasteiger charge is 2.15. The molecule has 0 rings (SSSR count). The number of hydrogen-bond acceptors (Lipinski definition) is 1. The molecule has 1 N–H and O–H groups in total. The van der Waals surface area contributed by atoms with Crippen molar-refractivity contribution >= 4 is 0 Å². The van der Waals surface area contributed by atoms with Crippen LogP contribution < -0.4 is 5.32 Å². The maximum absolute atomic E-state index is 3.73. The minimum absolute atomic E-state index is 0.343. The molecule has 0 aliphatic heterocycles. The van der Waals surface area contributed by atoms with E-state index < -0.39 is 0 Å². The summed E-state index contributed by atoms with van der Waals surface area (Å²) in [7, 11) is 0. The average molecular weight is 270 g/mol. The first-order valence-electron chi connectivity index (χ1n) is 8.87. The lowest BCUT2D eigenvalue weighted by atomic mass is 9.95. The van der Waals surface area contributed by atoms with Gasteiger partial charge in [-0.1, -0.05) is 78.1 Å². The van der Waals surface area contributed by atoms with Gasteiger partial charge < -0.3 is 5.32 Å². The van der Waals surface area contributed by atoms with Gasteiger partial charge in [-0.15, -0.1) is 0 Å². The van der Waals surface area contributed by atoms with E-state index in [9.17, 15) is 0 Å². The zero-order chi connectivity index (χ0) is 14.4. The predicted octanol–water partition coefficient (Wildman–Crippen LogP) is 6.08. The Hall–Kier alpha value is -0.0400. The molecule has 0 aliphatic carbocycles. The molecule has 0 bridgehead atoms. The first-order valence-corrected chi connectivity index (χ1v) is 8.87. The fourth-order valence-electron chi connectivity index (χ4n) is 2.59. The molecular weight excluding hydrogens is 230 g/mol. The van der Waals surface area contributed by atoms with Crippen molar-refractivity contribution in [2.24, 2.45) is 0 Å². The van der Waals surface area contributed by atoms with E-state index in [4.69, 9.17) is 0 Å². The maximum Gasteiger partial charge on any atom is 0.0125 e. The van der Waals surface area contributed by atoms with Crippen molar-refractivity contribution in [3.05, 3.63) is 0 Å². The highest BCUT2D eigenvalue weighted by molar-refractivity contribution is 4.76. The van der Waals surface area contributed by atoms with Crippen LogP contribution in [0.3, 0.4) is 0 Å². The average Bonchev–Trinajstić information content (AvgIpc) is 2.37. The van der Waals surface area contributed by atoms with Crippen molar-refractivity contribution in [2.75, 3.05) is 6.54 Å². The third-order valence-corrected chi connectivity index (χ3v) is 4.04. The van der Waals surface area contributed by atoms with Crippen LogP contribution in [-0.2, 0) is 0 Å². The second-order valence-corrected chi connectivity index (χ2v) is 6.74. The molecule has 0 aromatic carbocycles. The lowest BCUT2D eigenvalue weighted by Crippen LogP contribution is -2.39. The lowest BCUT2D eigenvalue weighted by Gasteiger charge is -2.26. The van der Waals surface area contributed by atoms with E-state index >= 15 is 0 Å². The molecule has 1 heteroatoms. The summed E-state index contributed by atoms with van der Waals surface area (Å²) >= 11 is 0. The van der Waals surface area contributed by atoms with Crippen LogP contribution in [0.15, 0.2) is 0 Å². The van der Waals surface area contributed by atoms with E-state index in [-0.39, 0.29) is 0 Å². The van der Waals surface area contributed by atoms with E-state index in [1.807, 2.05) is 0 Å². The fourth-order valence-corrected chi connectivity index (χ4v) is 2.59. The van der Waals surface area contributed by atoms with Gasteiger partial charge in [0.1, 0.15) is 0 Å². The van der Waals surface area contributed by atoms with Crippen LogP contribution in [0.4, 0.5) is 0 Å². The van der Waals surface area contributed by atoms with Gasteiger partial charge >= 0.3 is 0 Å². The molecule has 0 fully saturated rings. The number of hydrogen-bond donors (Lipinski definition) is 1. The second kappa shape index (κ2) is 13.0. The van der Waals surface area contributed by atoms with Gasteiger partial charge in [-0.3, -0.25) is 0 Å². The summed E-state index contributed by atoms with van der Waals surface area (Å²) in [6, 6.07) is 0. The molecule has 116 valence electrons. The van der Waals surface area contributed by atoms with Crippen molar-refractivity contribution < 1.29 is 0 Å². The molecule has 0 spiro atoms. The Morgan fingerprint density at radius 1 is 0.632 bits per heavy atom. The summed E-state index contributed by atoms with van der Waals surface area (Å²) in [4.78, 5) is 0. The van der Waals surface area contributed by atoms with Crippen molar-refractivity contribution in [3.8, 4) is 0 Å². The second-order valence-electron chi connectivity index (χ2n) is 6.74. The molecule has 0 heterocycles. The van der Waals surface area contributed by atoms with E-state index in [1.165, 1.54) is 83.6 Å². The first-order chi connectivity index (χ1) is 9.12. The predicted molar refractivity (Wildman–Crippen MR) is 88.8 cm³/mol. The van der Waals surface area contributed by atoms with E-state index in [2.05, 4.69) is 33.0 Å². The SMILES string of the molecule is CCCCCCCCCC(C)(C)NCCCCCC. The van der Waals surface area contributed by atoms with Crippen LogP contribution >= 0.6 is 0 Å². The minimum Gasteiger partial charge on any atom is -0.312 e. The van der Waals surface area contributed by atoms with Crippen molar-refractivity contribution in [3.63, 3.8) is 0 Å². The molecule has 0 aromatic rings. The smallest absolute Gasteiger partial charge is 0.0125 e. The van der Waals surface area contributed by atoms with Gasteiger partial charge in [0.2, 0.25) is 0 Å². The normalized spacial score (nSPS) is 12.0. The van der Waals surface area contributed by atoms with Gasteiger partial charge in [-0.2, -0.15) is 0 Å². The maximum atomic E-state index is 3.73. The van der Waals surface area contributed by atoms with Crippen LogP contribution in [0, 0.1) is 0 Å². The van der Waals surface area contributed by atoms with Gasteiger partial charge in [0.25, 0.3) is 0 Å². The summed E-state index contributed by atoms with van der Waals surface area (Å²) in [5.74, 6) is 0. The van der Waals surface area contributed by atoms with Crippen molar-refractivity contribution in [1.82, 2.24) is 5.32 Å². The molecule has 19 heavy (non-hydrogen) atoms. The first kappa shape index (κ1) is 19.0. The van der Waals surface area contributed by atoms with Crippen molar-refractivity contribution in [2.45, 2.75) is 110 Å². The van der Waals surface area contributed by atoms with Gasteiger partial charge in [0.05, 0.1) is 0 Å². The Morgan fingerprint density at radius 3 is 1.68 bits per heavy atom. The highest BCUT2D eigenvalue weighted by Crippen LogP contribution is 2.16. The van der Waals surface area contributed by atoms with Crippen LogP contribution in [0.1, 0.15) is 105 Å². The van der Waals surface area contributed by atoms with Gasteiger partial charge in [-0.25, -0.2) is 0 Å². The quantitative estimate of drug-likeness (QED) is 0.377. The molecule has 0 atom stereocenters. The molecular formula is C18H39N. The molecule has 0 radical (unpaired) electrons. The summed E-state index contributed by atoms with van der Waals surface area (Å²) in [5.41, 5.74) is 0.343. The molecule has 0 amide bonds. The van der Waals surface area contributed by atoms with Gasteiger partial charge in [0, 0.05) is 5.54 Å². The molecule has 0 saturated heterocycles. The number of unbranched alkanes of at least 4 members (excludes halogenated alkanes) is 9. The van der Waals surface area contributed by atoms with E-state index in [0.29, 0.717) is 5.54 Å². The Balaban J connectivity index is 3.35. The molecule has 0 aliphatic rings. The van der Waals surface area contributed by atoms with E-state index in [0.717, 1.165) is 0 Å². The standard InChI is InChI=1S/C18H39N/c1-5-7-9-11-12-13-14-16-18(3,4)19-17-15-10-8-6-2/h19H,5-17H2,1-4H3. The third-order valence-electron chi connectivity index (χ3n) is 4.04. The fraction of sp³-hybridized carbons (Fsp3) is 1.00. The molecule has 0 unspecified atom stereocenters. The lowest BCUT2D eigenvalue weighted by molar-refractivity contribution is 0.343. The summed E-state index contributed by atoms with van der Waals surface area (Å²) in [6.07, 6.45) is 16.7. The Kier molecular flexibility index (Phi) is 12.9. The van der Waals surface area contributed by atoms with Crippen LogP contribution in [0.2, 0.25) is 0 Å². The Morgan fingerprint density at radius 2 is 1.11 bits per heavy atom. The summed E-state index contributed by atoms with van der Waals surface area (Å²) in [5, 5.41) is 3.73.